The minimum absolute atomic E-state index is 0.0203. The monoisotopic (exact) mass is 378 g/mol. The molecule has 9 heteroatoms. The predicted molar refractivity (Wildman–Crippen MR) is 98.3 cm³/mol. The van der Waals surface area contributed by atoms with Gasteiger partial charge in [-0.05, 0) is 43.0 Å². The Balaban J connectivity index is 1.82. The van der Waals surface area contributed by atoms with Crippen LogP contribution in [0.4, 0.5) is 0 Å². The van der Waals surface area contributed by atoms with Gasteiger partial charge in [-0.25, -0.2) is 13.1 Å². The van der Waals surface area contributed by atoms with Gasteiger partial charge in [-0.1, -0.05) is 24.6 Å². The van der Waals surface area contributed by atoms with E-state index in [2.05, 4.69) is 39.3 Å². The first kappa shape index (κ1) is 18.9. The van der Waals surface area contributed by atoms with Gasteiger partial charge in [0.25, 0.3) is 0 Å². The number of aryl methyl sites for hydroxylation is 1. The van der Waals surface area contributed by atoms with E-state index in [1.165, 1.54) is 4.68 Å². The Morgan fingerprint density at radius 1 is 1.12 bits per heavy atom. The molecule has 0 radical (unpaired) electrons. The van der Waals surface area contributed by atoms with Gasteiger partial charge in [0, 0.05) is 26.2 Å². The van der Waals surface area contributed by atoms with Crippen molar-refractivity contribution in [2.75, 3.05) is 33.2 Å². The standard InChI is InChI=1S/C17H26N6O2S/c1-4-16(22-11-9-21(3)10-12-22)17-18-19-20-23(17)13-26(24,25)15-7-5-14(2)6-8-15/h5-8,16H,4,9-13H2,1-3H3/t16-/m1/s1. The van der Waals surface area contributed by atoms with Crippen molar-refractivity contribution in [3.05, 3.63) is 35.7 Å². The fourth-order valence-electron chi connectivity index (χ4n) is 3.26. The van der Waals surface area contributed by atoms with Crippen LogP contribution in [0.1, 0.15) is 30.8 Å². The second-order valence-electron chi connectivity index (χ2n) is 6.86. The lowest BCUT2D eigenvalue weighted by Crippen LogP contribution is -2.46. The molecule has 0 N–H and O–H groups in total. The fraction of sp³-hybridized carbons (Fsp3) is 0.588. The summed E-state index contributed by atoms with van der Waals surface area (Å²) in [5.41, 5.74) is 1.02. The molecule has 1 aromatic carbocycles. The molecule has 1 aromatic heterocycles. The van der Waals surface area contributed by atoms with E-state index in [4.69, 9.17) is 0 Å². The van der Waals surface area contributed by atoms with Gasteiger partial charge in [-0.15, -0.1) is 5.10 Å². The molecule has 0 spiro atoms. The predicted octanol–water partition coefficient (Wildman–Crippen LogP) is 1.11. The van der Waals surface area contributed by atoms with E-state index in [0.29, 0.717) is 5.82 Å². The fourth-order valence-corrected chi connectivity index (χ4v) is 4.47. The number of nitrogens with zero attached hydrogens (tertiary/aromatic N) is 6. The zero-order valence-corrected chi connectivity index (χ0v) is 16.4. The average Bonchev–Trinajstić information content (AvgIpc) is 3.05. The first-order chi connectivity index (χ1) is 12.4. The molecular formula is C17H26N6O2S. The molecule has 26 heavy (non-hydrogen) atoms. The number of sulfone groups is 1. The average molecular weight is 379 g/mol. The summed E-state index contributed by atoms with van der Waals surface area (Å²) >= 11 is 0. The van der Waals surface area contributed by atoms with Crippen LogP contribution in [-0.4, -0.2) is 71.7 Å². The molecule has 1 atom stereocenters. The summed E-state index contributed by atoms with van der Waals surface area (Å²) in [5.74, 6) is 0.371. The molecule has 0 unspecified atom stereocenters. The molecule has 1 aliphatic heterocycles. The smallest absolute Gasteiger partial charge is 0.198 e. The first-order valence-electron chi connectivity index (χ1n) is 8.89. The van der Waals surface area contributed by atoms with Gasteiger partial charge in [-0.2, -0.15) is 0 Å². The SMILES string of the molecule is CC[C@H](c1nnnn1CS(=O)(=O)c1ccc(C)cc1)N1CCN(C)CC1. The molecule has 2 aromatic rings. The van der Waals surface area contributed by atoms with Gasteiger partial charge in [0.05, 0.1) is 10.9 Å². The van der Waals surface area contributed by atoms with Gasteiger partial charge in [0.15, 0.2) is 21.5 Å². The maximum Gasteiger partial charge on any atom is 0.198 e. The highest BCUT2D eigenvalue weighted by Gasteiger charge is 2.28. The number of rotatable bonds is 6. The number of piperazine rings is 1. The van der Waals surface area contributed by atoms with Gasteiger partial charge in [-0.3, -0.25) is 4.90 Å². The van der Waals surface area contributed by atoms with Crippen LogP contribution >= 0.6 is 0 Å². The Morgan fingerprint density at radius 3 is 2.38 bits per heavy atom. The van der Waals surface area contributed by atoms with Gasteiger partial charge in [0.1, 0.15) is 0 Å². The molecule has 1 saturated heterocycles. The van der Waals surface area contributed by atoms with Crippen molar-refractivity contribution in [2.24, 2.45) is 0 Å². The van der Waals surface area contributed by atoms with Crippen LogP contribution in [0.3, 0.4) is 0 Å². The van der Waals surface area contributed by atoms with E-state index < -0.39 is 9.84 Å². The zero-order chi connectivity index (χ0) is 18.7. The van der Waals surface area contributed by atoms with E-state index in [-0.39, 0.29) is 16.8 Å². The number of likely N-dealkylation sites (N-methyl/N-ethyl adjacent to an activating group) is 1. The maximum atomic E-state index is 12.8. The highest BCUT2D eigenvalue weighted by molar-refractivity contribution is 7.90. The zero-order valence-electron chi connectivity index (χ0n) is 15.5. The molecule has 1 fully saturated rings. The topological polar surface area (TPSA) is 84.2 Å². The highest BCUT2D eigenvalue weighted by Crippen LogP contribution is 2.24. The van der Waals surface area contributed by atoms with Crippen molar-refractivity contribution >= 4 is 9.84 Å². The van der Waals surface area contributed by atoms with Crippen LogP contribution in [0.2, 0.25) is 0 Å². The molecule has 0 bridgehead atoms. The van der Waals surface area contributed by atoms with Crippen LogP contribution < -0.4 is 0 Å². The molecular weight excluding hydrogens is 352 g/mol. The van der Waals surface area contributed by atoms with E-state index >= 15 is 0 Å². The second-order valence-corrected chi connectivity index (χ2v) is 8.82. The summed E-state index contributed by atoms with van der Waals surface area (Å²) in [6, 6.07) is 6.88. The molecule has 0 saturated carbocycles. The lowest BCUT2D eigenvalue weighted by atomic mass is 10.1. The molecule has 142 valence electrons. The van der Waals surface area contributed by atoms with Crippen molar-refractivity contribution in [1.29, 1.82) is 0 Å². The minimum Gasteiger partial charge on any atom is -0.304 e. The van der Waals surface area contributed by atoms with Crippen LogP contribution in [0.25, 0.3) is 0 Å². The van der Waals surface area contributed by atoms with Crippen molar-refractivity contribution < 1.29 is 8.42 Å². The van der Waals surface area contributed by atoms with E-state index in [9.17, 15) is 8.42 Å². The summed E-state index contributed by atoms with van der Waals surface area (Å²) in [7, 11) is -1.40. The van der Waals surface area contributed by atoms with Gasteiger partial charge >= 0.3 is 0 Å². The lowest BCUT2D eigenvalue weighted by Gasteiger charge is -2.36. The van der Waals surface area contributed by atoms with Crippen molar-refractivity contribution in [3.8, 4) is 0 Å². The number of hydrogen-bond donors (Lipinski definition) is 0. The van der Waals surface area contributed by atoms with Crippen molar-refractivity contribution in [3.63, 3.8) is 0 Å². The van der Waals surface area contributed by atoms with E-state index in [1.54, 1.807) is 24.3 Å². The van der Waals surface area contributed by atoms with Crippen molar-refractivity contribution in [2.45, 2.75) is 37.1 Å². The number of aromatic nitrogens is 4. The summed E-state index contributed by atoms with van der Waals surface area (Å²) in [6.45, 7) is 7.83. The normalized spacial score (nSPS) is 18.1. The van der Waals surface area contributed by atoms with Crippen LogP contribution in [0.5, 0.6) is 0 Å². The molecule has 3 rings (SSSR count). The maximum absolute atomic E-state index is 12.8. The number of hydrogen-bond acceptors (Lipinski definition) is 7. The number of tetrazole rings is 1. The summed E-state index contributed by atoms with van der Waals surface area (Å²) in [4.78, 5) is 4.91. The largest absolute Gasteiger partial charge is 0.304 e. The molecule has 1 aliphatic rings. The summed E-state index contributed by atoms with van der Waals surface area (Å²) in [6.07, 6.45) is 0.828. The summed E-state index contributed by atoms with van der Waals surface area (Å²) in [5, 5.41) is 11.9. The quantitative estimate of drug-likeness (QED) is 0.744. The Bertz CT molecular complexity index is 825. The second kappa shape index (κ2) is 7.81. The van der Waals surface area contributed by atoms with Gasteiger partial charge in [0.2, 0.25) is 0 Å². The Morgan fingerprint density at radius 2 is 1.77 bits per heavy atom. The Labute approximate surface area is 154 Å². The minimum atomic E-state index is -3.51. The van der Waals surface area contributed by atoms with Crippen LogP contribution in [0.15, 0.2) is 29.2 Å². The Kier molecular flexibility index (Phi) is 5.69. The summed E-state index contributed by atoms with van der Waals surface area (Å²) < 4.78 is 26.9. The third-order valence-electron chi connectivity index (χ3n) is 4.90. The van der Waals surface area contributed by atoms with E-state index in [1.807, 2.05) is 6.92 Å². The highest BCUT2D eigenvalue weighted by atomic mass is 32.2. The Hall–Kier alpha value is -1.84. The third kappa shape index (κ3) is 4.11. The first-order valence-corrected chi connectivity index (χ1v) is 10.5. The number of benzene rings is 1. The van der Waals surface area contributed by atoms with Crippen molar-refractivity contribution in [1.82, 2.24) is 30.0 Å². The molecule has 0 aliphatic carbocycles. The van der Waals surface area contributed by atoms with E-state index in [0.717, 1.165) is 38.2 Å². The van der Waals surface area contributed by atoms with Crippen LogP contribution in [-0.2, 0) is 15.7 Å². The molecule has 0 amide bonds. The van der Waals surface area contributed by atoms with Crippen LogP contribution in [0, 0.1) is 6.92 Å². The van der Waals surface area contributed by atoms with Gasteiger partial charge < -0.3 is 4.90 Å². The molecule has 8 nitrogen and oxygen atoms in total. The third-order valence-corrected chi connectivity index (χ3v) is 6.47. The lowest BCUT2D eigenvalue weighted by molar-refractivity contribution is 0.103. The molecule has 2 heterocycles.